The van der Waals surface area contributed by atoms with Crippen LogP contribution < -0.4 is 5.32 Å². The van der Waals surface area contributed by atoms with Crippen molar-refractivity contribution in [1.82, 2.24) is 10.2 Å². The molecule has 2 aliphatic rings. The highest BCUT2D eigenvalue weighted by molar-refractivity contribution is 5.77. The van der Waals surface area contributed by atoms with Gasteiger partial charge in [-0.1, -0.05) is 19.8 Å². The molecule has 1 aliphatic carbocycles. The Labute approximate surface area is 126 Å². The van der Waals surface area contributed by atoms with Gasteiger partial charge < -0.3 is 19.7 Å². The van der Waals surface area contributed by atoms with Crippen LogP contribution in [0.5, 0.6) is 0 Å². The van der Waals surface area contributed by atoms with E-state index in [2.05, 4.69) is 12.2 Å². The second kappa shape index (κ2) is 7.64. The topological polar surface area (TPSA) is 67.9 Å². The third-order valence-electron chi connectivity index (χ3n) is 4.08. The van der Waals surface area contributed by atoms with E-state index in [1.165, 1.54) is 12.8 Å². The molecular weight excluding hydrogens is 272 g/mol. The van der Waals surface area contributed by atoms with Crippen LogP contribution in [0.15, 0.2) is 0 Å². The Hall–Kier alpha value is -1.30. The largest absolute Gasteiger partial charge is 0.448 e. The summed E-state index contributed by atoms with van der Waals surface area (Å²) < 4.78 is 10.5. The fourth-order valence-corrected chi connectivity index (χ4v) is 3.01. The summed E-state index contributed by atoms with van der Waals surface area (Å²) in [5.74, 6) is 0.570. The molecule has 0 radical (unpaired) electrons. The third-order valence-corrected chi connectivity index (χ3v) is 4.08. The summed E-state index contributed by atoms with van der Waals surface area (Å²) in [7, 11) is 0. The second-order valence-corrected chi connectivity index (χ2v) is 6.23. The number of hydrogen-bond acceptors (Lipinski definition) is 4. The van der Waals surface area contributed by atoms with Crippen molar-refractivity contribution in [1.29, 1.82) is 0 Å². The highest BCUT2D eigenvalue weighted by Crippen LogP contribution is 2.25. The van der Waals surface area contributed by atoms with Crippen LogP contribution in [0.4, 0.5) is 4.79 Å². The van der Waals surface area contributed by atoms with Crippen molar-refractivity contribution in [3.8, 4) is 0 Å². The average Bonchev–Trinajstić information content (AvgIpc) is 2.82. The molecule has 1 aliphatic heterocycles. The summed E-state index contributed by atoms with van der Waals surface area (Å²) in [6, 6.07) is -0.1000. The van der Waals surface area contributed by atoms with E-state index in [4.69, 9.17) is 9.47 Å². The van der Waals surface area contributed by atoms with Crippen LogP contribution in [0.3, 0.4) is 0 Å². The van der Waals surface area contributed by atoms with Gasteiger partial charge in [0.05, 0.1) is 12.6 Å². The fraction of sp³-hybridized carbons (Fsp3) is 0.867. The Bertz CT molecular complexity index is 375. The van der Waals surface area contributed by atoms with Crippen molar-refractivity contribution in [3.63, 3.8) is 0 Å². The minimum Gasteiger partial charge on any atom is -0.448 e. The molecule has 1 heterocycles. The zero-order valence-corrected chi connectivity index (χ0v) is 13.0. The smallest absolute Gasteiger partial charge is 0.410 e. The lowest BCUT2D eigenvalue weighted by molar-refractivity contribution is -0.129. The van der Waals surface area contributed by atoms with Crippen molar-refractivity contribution in [2.24, 2.45) is 5.92 Å². The minimum atomic E-state index is -0.302. The molecule has 3 atom stereocenters. The van der Waals surface area contributed by atoms with Crippen LogP contribution in [0.1, 0.15) is 39.5 Å². The van der Waals surface area contributed by atoms with Gasteiger partial charge in [0.2, 0.25) is 5.91 Å². The maximum absolute atomic E-state index is 11.9. The molecule has 120 valence electrons. The van der Waals surface area contributed by atoms with Crippen molar-refractivity contribution in [2.45, 2.75) is 51.7 Å². The molecule has 0 aromatic carbocycles. The van der Waals surface area contributed by atoms with E-state index >= 15 is 0 Å². The lowest BCUT2D eigenvalue weighted by atomic mass is 9.89. The van der Waals surface area contributed by atoms with E-state index in [0.29, 0.717) is 25.6 Å². The fourth-order valence-electron chi connectivity index (χ4n) is 3.01. The van der Waals surface area contributed by atoms with E-state index in [9.17, 15) is 9.59 Å². The molecule has 1 saturated carbocycles. The van der Waals surface area contributed by atoms with Gasteiger partial charge in [-0.2, -0.15) is 0 Å². The predicted molar refractivity (Wildman–Crippen MR) is 77.9 cm³/mol. The number of rotatable bonds is 6. The summed E-state index contributed by atoms with van der Waals surface area (Å²) in [5, 5.41) is 2.86. The first-order chi connectivity index (χ1) is 10.0. The van der Waals surface area contributed by atoms with Crippen LogP contribution in [-0.4, -0.2) is 55.3 Å². The molecule has 0 spiro atoms. The van der Waals surface area contributed by atoms with Gasteiger partial charge in [-0.3, -0.25) is 4.79 Å². The third kappa shape index (κ3) is 5.19. The quantitative estimate of drug-likeness (QED) is 0.807. The SMILES string of the molecule is C[C@@H]1CCC[C@H](OCC(=O)N[C@@H](C)CN2CCOC2=O)C1. The monoisotopic (exact) mass is 298 g/mol. The van der Waals surface area contributed by atoms with E-state index in [0.717, 1.165) is 12.8 Å². The van der Waals surface area contributed by atoms with Crippen LogP contribution in [0.25, 0.3) is 0 Å². The number of nitrogens with zero attached hydrogens (tertiary/aromatic N) is 1. The van der Waals surface area contributed by atoms with E-state index in [1.54, 1.807) is 4.90 Å². The zero-order valence-electron chi connectivity index (χ0n) is 13.0. The number of hydrogen-bond donors (Lipinski definition) is 1. The normalized spacial score (nSPS) is 27.3. The predicted octanol–water partition coefficient (Wildman–Crippen LogP) is 1.54. The number of ether oxygens (including phenoxy) is 2. The lowest BCUT2D eigenvalue weighted by Crippen LogP contribution is -2.44. The highest BCUT2D eigenvalue weighted by atomic mass is 16.6. The van der Waals surface area contributed by atoms with Crippen molar-refractivity contribution in [3.05, 3.63) is 0 Å². The second-order valence-electron chi connectivity index (χ2n) is 6.23. The molecule has 2 fully saturated rings. The summed E-state index contributed by atoms with van der Waals surface area (Å²) in [4.78, 5) is 24.8. The van der Waals surface area contributed by atoms with Crippen LogP contribution in [-0.2, 0) is 14.3 Å². The molecule has 2 amide bonds. The van der Waals surface area contributed by atoms with E-state index in [1.807, 2.05) is 6.92 Å². The van der Waals surface area contributed by atoms with Gasteiger partial charge >= 0.3 is 6.09 Å². The molecule has 1 saturated heterocycles. The number of amides is 2. The Balaban J connectivity index is 1.63. The molecule has 6 nitrogen and oxygen atoms in total. The molecule has 6 heteroatoms. The van der Waals surface area contributed by atoms with Gasteiger partial charge in [0.15, 0.2) is 0 Å². The van der Waals surface area contributed by atoms with Crippen molar-refractivity contribution < 1.29 is 19.1 Å². The summed E-state index contributed by atoms with van der Waals surface area (Å²) in [6.45, 7) is 5.72. The first kappa shape index (κ1) is 16.1. The van der Waals surface area contributed by atoms with Crippen LogP contribution in [0, 0.1) is 5.92 Å². The first-order valence-electron chi connectivity index (χ1n) is 7.87. The molecule has 0 aromatic rings. The number of nitrogens with one attached hydrogen (secondary N) is 1. The maximum atomic E-state index is 11.9. The van der Waals surface area contributed by atoms with Gasteiger partial charge in [0.1, 0.15) is 13.2 Å². The van der Waals surface area contributed by atoms with E-state index < -0.39 is 0 Å². The molecule has 0 aromatic heterocycles. The first-order valence-corrected chi connectivity index (χ1v) is 7.87. The summed E-state index contributed by atoms with van der Waals surface area (Å²) >= 11 is 0. The Morgan fingerprint density at radius 2 is 2.33 bits per heavy atom. The lowest BCUT2D eigenvalue weighted by Gasteiger charge is -2.27. The van der Waals surface area contributed by atoms with Crippen molar-refractivity contribution in [2.75, 3.05) is 26.3 Å². The number of carbonyl (C=O) groups is 2. The molecule has 2 rings (SSSR count). The molecule has 0 unspecified atom stereocenters. The Morgan fingerprint density at radius 3 is 3.00 bits per heavy atom. The molecular formula is C15H26N2O4. The minimum absolute atomic E-state index is 0.1000. The average molecular weight is 298 g/mol. The van der Waals surface area contributed by atoms with Gasteiger partial charge in [-0.15, -0.1) is 0 Å². The zero-order chi connectivity index (χ0) is 15.2. The maximum Gasteiger partial charge on any atom is 0.410 e. The van der Waals surface area contributed by atoms with Gasteiger partial charge in [0.25, 0.3) is 0 Å². The van der Waals surface area contributed by atoms with Crippen molar-refractivity contribution >= 4 is 12.0 Å². The van der Waals surface area contributed by atoms with Gasteiger partial charge in [-0.25, -0.2) is 4.79 Å². The highest BCUT2D eigenvalue weighted by Gasteiger charge is 2.24. The van der Waals surface area contributed by atoms with Crippen LogP contribution >= 0.6 is 0 Å². The van der Waals surface area contributed by atoms with E-state index in [-0.39, 0.29) is 30.8 Å². The summed E-state index contributed by atoms with van der Waals surface area (Å²) in [6.07, 6.45) is 4.44. The molecule has 1 N–H and O–H groups in total. The number of carbonyl (C=O) groups excluding carboxylic acids is 2. The van der Waals surface area contributed by atoms with Gasteiger partial charge in [0, 0.05) is 12.6 Å². The standard InChI is InChI=1S/C15H26N2O4/c1-11-4-3-5-13(8-11)21-10-14(18)16-12(2)9-17-6-7-20-15(17)19/h11-13H,3-10H2,1-2H3,(H,16,18)/t11-,12+,13+/m1/s1. The Kier molecular flexibility index (Phi) is 5.85. The van der Waals surface area contributed by atoms with Crippen LogP contribution in [0.2, 0.25) is 0 Å². The molecule has 0 bridgehead atoms. The summed E-state index contributed by atoms with van der Waals surface area (Å²) in [5.41, 5.74) is 0. The van der Waals surface area contributed by atoms with Gasteiger partial charge in [-0.05, 0) is 25.7 Å². The Morgan fingerprint density at radius 1 is 1.52 bits per heavy atom. The number of cyclic esters (lactones) is 1. The molecule has 21 heavy (non-hydrogen) atoms.